The fourth-order valence-corrected chi connectivity index (χ4v) is 5.36. The van der Waals surface area contributed by atoms with E-state index in [9.17, 15) is 14.4 Å². The molecule has 166 valence electrons. The molecule has 0 unspecified atom stereocenters. The maximum Gasteiger partial charge on any atom is 0.407 e. The van der Waals surface area contributed by atoms with Crippen molar-refractivity contribution in [1.29, 1.82) is 0 Å². The van der Waals surface area contributed by atoms with Gasteiger partial charge in [-0.3, -0.25) is 14.2 Å². The molecule has 5 rings (SSSR count). The lowest BCUT2D eigenvalue weighted by atomic mass is 10.0. The van der Waals surface area contributed by atoms with Gasteiger partial charge in [-0.15, -0.1) is 0 Å². The zero-order chi connectivity index (χ0) is 23.1. The van der Waals surface area contributed by atoms with E-state index in [4.69, 9.17) is 5.11 Å². The van der Waals surface area contributed by atoms with Gasteiger partial charge in [-0.1, -0.05) is 53.3 Å². The highest BCUT2D eigenvalue weighted by Gasteiger charge is 2.32. The minimum absolute atomic E-state index is 0.102. The number of pyridine rings is 1. The van der Waals surface area contributed by atoms with Crippen LogP contribution in [0.25, 0.3) is 15.9 Å². The lowest BCUT2D eigenvalue weighted by molar-refractivity contribution is 0.103. The van der Waals surface area contributed by atoms with Crippen molar-refractivity contribution >= 4 is 38.4 Å². The number of ketones is 1. The van der Waals surface area contributed by atoms with Crippen molar-refractivity contribution in [3.8, 4) is 5.69 Å². The first-order chi connectivity index (χ1) is 15.9. The number of carbonyl (C=O) groups is 2. The Morgan fingerprint density at radius 3 is 2.48 bits per heavy atom. The van der Waals surface area contributed by atoms with Gasteiger partial charge in [0.2, 0.25) is 0 Å². The van der Waals surface area contributed by atoms with Crippen molar-refractivity contribution in [1.82, 2.24) is 9.47 Å². The Hall–Kier alpha value is -3.91. The summed E-state index contributed by atoms with van der Waals surface area (Å²) in [7, 11) is 0. The number of benzene rings is 2. The summed E-state index contributed by atoms with van der Waals surface area (Å²) < 4.78 is 1.61. The molecule has 2 aromatic heterocycles. The summed E-state index contributed by atoms with van der Waals surface area (Å²) in [4.78, 5) is 39.6. The number of likely N-dealkylation sites (tertiary alicyclic amines) is 1. The van der Waals surface area contributed by atoms with E-state index in [1.54, 1.807) is 16.7 Å². The summed E-state index contributed by atoms with van der Waals surface area (Å²) >= 11 is 1.34. The zero-order valence-corrected chi connectivity index (χ0v) is 18.6. The number of nitrogens with zero attached hydrogens (tertiary/aromatic N) is 2. The summed E-state index contributed by atoms with van der Waals surface area (Å²) in [6.07, 6.45) is -0.960. The van der Waals surface area contributed by atoms with Crippen LogP contribution in [0.2, 0.25) is 0 Å². The van der Waals surface area contributed by atoms with Crippen LogP contribution >= 0.6 is 11.3 Å². The fraction of sp³-hybridized carbons (Fsp3) is 0.160. The van der Waals surface area contributed by atoms with E-state index in [0.717, 1.165) is 11.3 Å². The maximum absolute atomic E-state index is 13.7. The van der Waals surface area contributed by atoms with E-state index in [2.05, 4.69) is 5.32 Å². The minimum Gasteiger partial charge on any atom is -0.465 e. The number of fused-ring (bicyclic) bond motifs is 1. The standard InChI is InChI=1S/C25H21N3O4S/c1-15-6-5-7-16(12-15)22(30)21-19-10-11-20(29)28(18-8-3-2-4-9-18)24(19)33-23(21)26-17-13-27(14-17)25(31)32/h2-12,17,26H,13-14H2,1H3,(H,31,32). The first-order valence-corrected chi connectivity index (χ1v) is 11.3. The molecule has 0 atom stereocenters. The molecule has 0 saturated carbocycles. The van der Waals surface area contributed by atoms with Gasteiger partial charge in [0, 0.05) is 30.1 Å². The Morgan fingerprint density at radius 2 is 1.79 bits per heavy atom. The number of anilines is 1. The molecule has 0 bridgehead atoms. The zero-order valence-electron chi connectivity index (χ0n) is 17.8. The fourth-order valence-electron chi connectivity index (χ4n) is 4.07. The number of carboxylic acid groups (broad SMARTS) is 1. The number of hydrogen-bond donors (Lipinski definition) is 2. The number of thiophene rings is 1. The number of para-hydroxylation sites is 1. The molecule has 8 heteroatoms. The highest BCUT2D eigenvalue weighted by Crippen LogP contribution is 2.38. The van der Waals surface area contributed by atoms with Gasteiger partial charge in [0.1, 0.15) is 9.83 Å². The van der Waals surface area contributed by atoms with Crippen molar-refractivity contribution in [2.75, 3.05) is 18.4 Å². The van der Waals surface area contributed by atoms with Crippen molar-refractivity contribution in [3.63, 3.8) is 0 Å². The quantitative estimate of drug-likeness (QED) is 0.433. The third-order valence-electron chi connectivity index (χ3n) is 5.75. The summed E-state index contributed by atoms with van der Waals surface area (Å²) in [6, 6.07) is 19.8. The molecule has 2 N–H and O–H groups in total. The van der Waals surface area contributed by atoms with Crippen LogP contribution < -0.4 is 10.9 Å². The van der Waals surface area contributed by atoms with Gasteiger partial charge in [-0.25, -0.2) is 4.79 Å². The second-order valence-electron chi connectivity index (χ2n) is 8.09. The highest BCUT2D eigenvalue weighted by atomic mass is 32.1. The van der Waals surface area contributed by atoms with E-state index in [1.165, 1.54) is 22.3 Å². The third kappa shape index (κ3) is 3.78. The van der Waals surface area contributed by atoms with E-state index < -0.39 is 6.09 Å². The normalized spacial score (nSPS) is 13.7. The number of amides is 1. The largest absolute Gasteiger partial charge is 0.465 e. The number of nitrogens with one attached hydrogen (secondary N) is 1. The summed E-state index contributed by atoms with van der Waals surface area (Å²) in [5.74, 6) is -0.139. The second-order valence-corrected chi connectivity index (χ2v) is 9.09. The molecule has 0 aliphatic carbocycles. The third-order valence-corrected chi connectivity index (χ3v) is 6.87. The molecule has 1 aliphatic rings. The molecular weight excluding hydrogens is 438 g/mol. The van der Waals surface area contributed by atoms with Crippen LogP contribution in [0.3, 0.4) is 0 Å². The van der Waals surface area contributed by atoms with E-state index in [-0.39, 0.29) is 17.4 Å². The Labute approximate surface area is 193 Å². The van der Waals surface area contributed by atoms with Gasteiger partial charge in [0.25, 0.3) is 5.56 Å². The van der Waals surface area contributed by atoms with Crippen LogP contribution in [0.15, 0.2) is 71.5 Å². The van der Waals surface area contributed by atoms with Crippen LogP contribution in [0.1, 0.15) is 21.5 Å². The Bertz CT molecular complexity index is 1440. The van der Waals surface area contributed by atoms with Gasteiger partial charge < -0.3 is 15.3 Å². The predicted molar refractivity (Wildman–Crippen MR) is 129 cm³/mol. The Morgan fingerprint density at radius 1 is 1.03 bits per heavy atom. The van der Waals surface area contributed by atoms with Gasteiger partial charge in [-0.05, 0) is 31.2 Å². The molecule has 33 heavy (non-hydrogen) atoms. The second kappa shape index (κ2) is 8.22. The molecule has 4 aromatic rings. The smallest absolute Gasteiger partial charge is 0.407 e. The lowest BCUT2D eigenvalue weighted by Gasteiger charge is -2.37. The Balaban J connectivity index is 1.67. The average Bonchev–Trinajstić information content (AvgIpc) is 3.13. The Kier molecular flexibility index (Phi) is 5.22. The summed E-state index contributed by atoms with van der Waals surface area (Å²) in [5, 5.41) is 13.8. The molecule has 2 aromatic carbocycles. The van der Waals surface area contributed by atoms with Gasteiger partial charge in [0.15, 0.2) is 5.78 Å². The van der Waals surface area contributed by atoms with E-state index >= 15 is 0 Å². The number of carbonyl (C=O) groups excluding carboxylic acids is 1. The van der Waals surface area contributed by atoms with Crippen LogP contribution in [-0.4, -0.2) is 45.6 Å². The molecule has 1 fully saturated rings. The summed E-state index contributed by atoms with van der Waals surface area (Å²) in [5.41, 5.74) is 2.58. The van der Waals surface area contributed by atoms with E-state index in [0.29, 0.717) is 39.4 Å². The highest BCUT2D eigenvalue weighted by molar-refractivity contribution is 7.23. The molecule has 0 spiro atoms. The molecule has 1 amide bonds. The van der Waals surface area contributed by atoms with E-state index in [1.807, 2.05) is 55.5 Å². The van der Waals surface area contributed by atoms with Crippen molar-refractivity contribution in [2.45, 2.75) is 13.0 Å². The van der Waals surface area contributed by atoms with Gasteiger partial charge in [-0.2, -0.15) is 0 Å². The molecule has 1 aliphatic heterocycles. The molecular formula is C25H21N3O4S. The van der Waals surface area contributed by atoms with Gasteiger partial charge in [0.05, 0.1) is 17.3 Å². The predicted octanol–water partition coefficient (Wildman–Crippen LogP) is 4.37. The first-order valence-electron chi connectivity index (χ1n) is 10.5. The SMILES string of the molecule is Cc1cccc(C(=O)c2c(NC3CN(C(=O)O)C3)sc3c2ccc(=O)n3-c2ccccc2)c1. The summed E-state index contributed by atoms with van der Waals surface area (Å²) in [6.45, 7) is 2.61. The first kappa shape index (κ1) is 21.0. The molecule has 0 radical (unpaired) electrons. The van der Waals surface area contributed by atoms with Crippen LogP contribution in [0.4, 0.5) is 9.80 Å². The number of hydrogen-bond acceptors (Lipinski definition) is 5. The van der Waals surface area contributed by atoms with Crippen molar-refractivity contribution in [3.05, 3.63) is 93.8 Å². The monoisotopic (exact) mass is 459 g/mol. The van der Waals surface area contributed by atoms with Crippen molar-refractivity contribution in [2.24, 2.45) is 0 Å². The average molecular weight is 460 g/mol. The molecule has 1 saturated heterocycles. The number of rotatable bonds is 5. The van der Waals surface area contributed by atoms with Crippen LogP contribution in [0, 0.1) is 6.92 Å². The lowest BCUT2D eigenvalue weighted by Crippen LogP contribution is -2.56. The van der Waals surface area contributed by atoms with Gasteiger partial charge >= 0.3 is 6.09 Å². The topological polar surface area (TPSA) is 91.6 Å². The number of aryl methyl sites for hydroxylation is 1. The minimum atomic E-state index is -0.960. The van der Waals surface area contributed by atoms with Crippen LogP contribution in [0.5, 0.6) is 0 Å². The maximum atomic E-state index is 13.7. The van der Waals surface area contributed by atoms with Crippen LogP contribution in [-0.2, 0) is 0 Å². The molecule has 7 nitrogen and oxygen atoms in total. The van der Waals surface area contributed by atoms with Crippen molar-refractivity contribution < 1.29 is 14.7 Å². The number of aromatic nitrogens is 1. The molecule has 3 heterocycles.